The average molecular weight is 330 g/mol. The summed E-state index contributed by atoms with van der Waals surface area (Å²) in [6.45, 7) is 2.82. The van der Waals surface area contributed by atoms with Gasteiger partial charge in [-0.05, 0) is 30.7 Å². The van der Waals surface area contributed by atoms with Gasteiger partial charge in [-0.15, -0.1) is 0 Å². The molecule has 2 unspecified atom stereocenters. The second-order valence-corrected chi connectivity index (χ2v) is 7.37. The van der Waals surface area contributed by atoms with Crippen LogP contribution in [0.25, 0.3) is 0 Å². The number of nitrogens with one attached hydrogen (secondary N) is 4. The van der Waals surface area contributed by atoms with Crippen LogP contribution in [0.5, 0.6) is 0 Å². The zero-order valence-corrected chi connectivity index (χ0v) is 13.4. The zero-order chi connectivity index (χ0) is 16.0. The van der Waals surface area contributed by atoms with Gasteiger partial charge >= 0.3 is 0 Å². The second kappa shape index (κ2) is 7.98. The molecule has 0 radical (unpaired) electrons. The highest BCUT2D eigenvalue weighted by molar-refractivity contribution is 7.88. The first-order chi connectivity index (χ1) is 10.5. The number of hydrogen-bond donors (Lipinski definition) is 4. The molecule has 22 heavy (non-hydrogen) atoms. The minimum absolute atomic E-state index is 0.141. The van der Waals surface area contributed by atoms with Gasteiger partial charge in [0.1, 0.15) is 5.82 Å². The first-order valence-corrected chi connectivity index (χ1v) is 9.24. The lowest BCUT2D eigenvalue weighted by Crippen LogP contribution is -2.31. The van der Waals surface area contributed by atoms with Crippen molar-refractivity contribution in [1.82, 2.24) is 20.9 Å². The van der Waals surface area contributed by atoms with E-state index in [0.717, 1.165) is 37.9 Å². The smallest absolute Gasteiger partial charge is 0.208 e. The molecule has 1 saturated heterocycles. The number of halogens is 1. The van der Waals surface area contributed by atoms with Gasteiger partial charge in [-0.3, -0.25) is 5.43 Å². The van der Waals surface area contributed by atoms with Crippen molar-refractivity contribution in [1.29, 1.82) is 0 Å². The largest absolute Gasteiger partial charge is 0.316 e. The van der Waals surface area contributed by atoms with Crippen LogP contribution in [-0.2, 0) is 10.0 Å². The topological polar surface area (TPSA) is 82.3 Å². The van der Waals surface area contributed by atoms with E-state index in [9.17, 15) is 12.8 Å². The van der Waals surface area contributed by atoms with Gasteiger partial charge in [0.25, 0.3) is 0 Å². The zero-order valence-electron chi connectivity index (χ0n) is 12.6. The van der Waals surface area contributed by atoms with E-state index in [1.54, 1.807) is 12.1 Å². The van der Waals surface area contributed by atoms with E-state index in [-0.39, 0.29) is 11.9 Å². The Morgan fingerprint density at radius 1 is 1.27 bits per heavy atom. The lowest BCUT2D eigenvalue weighted by atomic mass is 9.95. The Balaban J connectivity index is 1.72. The van der Waals surface area contributed by atoms with Crippen molar-refractivity contribution in [3.63, 3.8) is 0 Å². The molecule has 0 aliphatic carbocycles. The summed E-state index contributed by atoms with van der Waals surface area (Å²) in [6, 6.07) is 6.67. The number of hydrazine groups is 1. The van der Waals surface area contributed by atoms with Crippen LogP contribution in [0, 0.1) is 11.7 Å². The molecule has 4 N–H and O–H groups in total. The summed E-state index contributed by atoms with van der Waals surface area (Å²) >= 11 is 0. The molecule has 1 fully saturated rings. The van der Waals surface area contributed by atoms with Crippen LogP contribution in [-0.4, -0.2) is 40.9 Å². The molecule has 1 aromatic carbocycles. The van der Waals surface area contributed by atoms with E-state index in [4.69, 9.17) is 0 Å². The summed E-state index contributed by atoms with van der Waals surface area (Å²) in [6.07, 6.45) is 1.89. The maximum absolute atomic E-state index is 13.0. The highest BCUT2D eigenvalue weighted by atomic mass is 32.2. The first kappa shape index (κ1) is 17.3. The third-order valence-corrected chi connectivity index (χ3v) is 4.35. The standard InChI is InChI=1S/C14H23FN4O2S/c1-22(20,21)18-8-2-7-16-9-12-10-17-19-14(12)11-3-5-13(15)6-4-11/h3-6,12,14,16-19H,2,7-10H2,1H3. The van der Waals surface area contributed by atoms with E-state index in [2.05, 4.69) is 20.9 Å². The average Bonchev–Trinajstić information content (AvgIpc) is 2.91. The SMILES string of the molecule is CS(=O)(=O)NCCCNCC1CNNC1c1ccc(F)cc1. The third-order valence-electron chi connectivity index (χ3n) is 3.62. The summed E-state index contributed by atoms with van der Waals surface area (Å²) in [5, 5.41) is 3.34. The van der Waals surface area contributed by atoms with Crippen LogP contribution < -0.4 is 20.9 Å². The molecule has 1 aromatic rings. The molecule has 0 spiro atoms. The van der Waals surface area contributed by atoms with E-state index < -0.39 is 10.0 Å². The van der Waals surface area contributed by atoms with Crippen LogP contribution in [0.1, 0.15) is 18.0 Å². The van der Waals surface area contributed by atoms with Crippen molar-refractivity contribution in [2.75, 3.05) is 32.4 Å². The fraction of sp³-hybridized carbons (Fsp3) is 0.571. The highest BCUT2D eigenvalue weighted by Crippen LogP contribution is 2.24. The van der Waals surface area contributed by atoms with Gasteiger partial charge in [0, 0.05) is 25.6 Å². The van der Waals surface area contributed by atoms with Crippen LogP contribution >= 0.6 is 0 Å². The Kier molecular flexibility index (Phi) is 6.27. The molecule has 124 valence electrons. The number of rotatable bonds is 8. The Hall–Kier alpha value is -1.06. The van der Waals surface area contributed by atoms with Crippen molar-refractivity contribution in [3.8, 4) is 0 Å². The second-order valence-electron chi connectivity index (χ2n) is 5.54. The number of sulfonamides is 1. The van der Waals surface area contributed by atoms with Crippen LogP contribution in [0.4, 0.5) is 4.39 Å². The molecular formula is C14H23FN4O2S. The Labute approximate surface area is 130 Å². The van der Waals surface area contributed by atoms with Gasteiger partial charge in [-0.2, -0.15) is 0 Å². The van der Waals surface area contributed by atoms with E-state index >= 15 is 0 Å². The van der Waals surface area contributed by atoms with Gasteiger partial charge in [-0.25, -0.2) is 23.0 Å². The molecule has 6 nitrogen and oxygen atoms in total. The fourth-order valence-electron chi connectivity index (χ4n) is 2.51. The predicted molar refractivity (Wildman–Crippen MR) is 84.1 cm³/mol. The minimum atomic E-state index is -3.10. The lowest BCUT2D eigenvalue weighted by Gasteiger charge is -2.19. The number of hydrogen-bond acceptors (Lipinski definition) is 5. The fourth-order valence-corrected chi connectivity index (χ4v) is 3.02. The summed E-state index contributed by atoms with van der Waals surface area (Å²) in [5.74, 6) is 0.121. The highest BCUT2D eigenvalue weighted by Gasteiger charge is 2.27. The van der Waals surface area contributed by atoms with Crippen LogP contribution in [0.3, 0.4) is 0 Å². The molecule has 0 aromatic heterocycles. The molecule has 1 heterocycles. The molecule has 1 aliphatic rings. The van der Waals surface area contributed by atoms with Crippen LogP contribution in [0.2, 0.25) is 0 Å². The lowest BCUT2D eigenvalue weighted by molar-refractivity contribution is 0.440. The van der Waals surface area contributed by atoms with Crippen molar-refractivity contribution in [2.45, 2.75) is 12.5 Å². The normalized spacial score (nSPS) is 22.1. The summed E-state index contributed by atoms with van der Waals surface area (Å²) in [4.78, 5) is 0. The van der Waals surface area contributed by atoms with E-state index in [1.807, 2.05) is 0 Å². The van der Waals surface area contributed by atoms with Gasteiger partial charge < -0.3 is 5.32 Å². The summed E-state index contributed by atoms with van der Waals surface area (Å²) < 4.78 is 37.3. The predicted octanol–water partition coefficient (Wildman–Crippen LogP) is 0.120. The van der Waals surface area contributed by atoms with Crippen molar-refractivity contribution >= 4 is 10.0 Å². The van der Waals surface area contributed by atoms with Crippen molar-refractivity contribution in [2.24, 2.45) is 5.92 Å². The molecule has 8 heteroatoms. The Morgan fingerprint density at radius 3 is 2.68 bits per heavy atom. The number of benzene rings is 1. The van der Waals surface area contributed by atoms with Crippen molar-refractivity contribution < 1.29 is 12.8 Å². The van der Waals surface area contributed by atoms with Gasteiger partial charge in [-0.1, -0.05) is 12.1 Å². The summed E-state index contributed by atoms with van der Waals surface area (Å²) in [7, 11) is -3.10. The van der Waals surface area contributed by atoms with Crippen molar-refractivity contribution in [3.05, 3.63) is 35.6 Å². The molecule has 0 saturated carbocycles. The maximum atomic E-state index is 13.0. The van der Waals surface area contributed by atoms with Gasteiger partial charge in [0.05, 0.1) is 12.3 Å². The van der Waals surface area contributed by atoms with Crippen LogP contribution in [0.15, 0.2) is 24.3 Å². The third kappa shape index (κ3) is 5.62. The first-order valence-electron chi connectivity index (χ1n) is 7.35. The maximum Gasteiger partial charge on any atom is 0.208 e. The molecule has 1 aliphatic heterocycles. The van der Waals surface area contributed by atoms with Gasteiger partial charge in [0.2, 0.25) is 10.0 Å². The van der Waals surface area contributed by atoms with E-state index in [0.29, 0.717) is 12.5 Å². The summed E-state index contributed by atoms with van der Waals surface area (Å²) in [5.41, 5.74) is 7.40. The monoisotopic (exact) mass is 330 g/mol. The Morgan fingerprint density at radius 2 is 2.00 bits per heavy atom. The van der Waals surface area contributed by atoms with E-state index in [1.165, 1.54) is 12.1 Å². The molecule has 2 rings (SSSR count). The van der Waals surface area contributed by atoms with Gasteiger partial charge in [0.15, 0.2) is 0 Å². The molecular weight excluding hydrogens is 307 g/mol. The minimum Gasteiger partial charge on any atom is -0.316 e. The molecule has 2 atom stereocenters. The Bertz CT molecular complexity index is 565. The molecule has 0 amide bonds. The quantitative estimate of drug-likeness (QED) is 0.509. The molecule has 0 bridgehead atoms.